The summed E-state index contributed by atoms with van der Waals surface area (Å²) in [5.74, 6) is 0.839. The van der Waals surface area contributed by atoms with E-state index < -0.39 is 8.56 Å². The first-order valence-corrected chi connectivity index (χ1v) is 9.77. The van der Waals surface area contributed by atoms with Gasteiger partial charge in [-0.05, 0) is 37.5 Å². The molecule has 0 radical (unpaired) electrons. The summed E-state index contributed by atoms with van der Waals surface area (Å²) in [4.78, 5) is 11.0. The molecule has 0 bridgehead atoms. The second-order valence-corrected chi connectivity index (χ2v) is 8.76. The van der Waals surface area contributed by atoms with Gasteiger partial charge in [-0.25, -0.2) is 0 Å². The number of hydrogen-bond donors (Lipinski definition) is 2. The molecule has 0 unspecified atom stereocenters. The Balaban J connectivity index is 2.16. The largest absolute Gasteiger partial charge is 0.405 e. The molecular formula is C13H26N2O3SSi. The minimum atomic E-state index is -2.62. The lowest BCUT2D eigenvalue weighted by Crippen LogP contribution is -2.45. The highest BCUT2D eigenvalue weighted by molar-refractivity contribution is 7.80. The van der Waals surface area contributed by atoms with E-state index in [0.29, 0.717) is 17.2 Å². The van der Waals surface area contributed by atoms with Gasteiger partial charge in [-0.3, -0.25) is 0 Å². The maximum atomic E-state index is 11.0. The quantitative estimate of drug-likeness (QED) is 0.307. The monoisotopic (exact) mass is 318 g/mol. The molecule has 0 spiro atoms. The fraction of sp³-hybridized carbons (Fsp3) is 0.846. The highest BCUT2D eigenvalue weighted by Crippen LogP contribution is 2.17. The summed E-state index contributed by atoms with van der Waals surface area (Å²) < 4.78 is 10.5. The van der Waals surface area contributed by atoms with E-state index in [1.807, 2.05) is 0 Å². The van der Waals surface area contributed by atoms with E-state index in [9.17, 15) is 4.79 Å². The van der Waals surface area contributed by atoms with Crippen molar-refractivity contribution in [3.05, 3.63) is 0 Å². The van der Waals surface area contributed by atoms with Crippen LogP contribution < -0.4 is 10.6 Å². The standard InChI is InChI=1S/C13H26N2O3SSi/c1-17-20(11-16,18-2)10-6-9-14-13(19)15-12-7-4-3-5-8-12/h11-12H,3-10H2,1-2H3,(H2,14,15,19). The number of hydrogen-bond acceptors (Lipinski definition) is 4. The van der Waals surface area contributed by atoms with Gasteiger partial charge in [0.1, 0.15) is 0 Å². The first-order chi connectivity index (χ1) is 9.65. The van der Waals surface area contributed by atoms with Crippen LogP contribution in [0.1, 0.15) is 38.5 Å². The molecule has 0 atom stereocenters. The SMILES string of the molecule is CO[Si](C=O)(CCCNC(=S)NC1CCCCC1)OC. The molecule has 0 heterocycles. The van der Waals surface area contributed by atoms with Gasteiger partial charge in [-0.15, -0.1) is 0 Å². The van der Waals surface area contributed by atoms with Crippen molar-refractivity contribution in [2.75, 3.05) is 20.8 Å². The lowest BCUT2D eigenvalue weighted by atomic mass is 9.96. The van der Waals surface area contributed by atoms with Crippen LogP contribution in [-0.4, -0.2) is 46.4 Å². The van der Waals surface area contributed by atoms with Crippen LogP contribution in [-0.2, 0) is 13.6 Å². The number of carbonyl (C=O) groups excluding carboxylic acids is 1. The number of carbonyl (C=O) groups is 1. The smallest absolute Gasteiger partial charge is 0.393 e. The van der Waals surface area contributed by atoms with Crippen molar-refractivity contribution < 1.29 is 13.6 Å². The zero-order valence-corrected chi connectivity index (χ0v) is 14.3. The molecule has 0 aromatic rings. The summed E-state index contributed by atoms with van der Waals surface area (Å²) >= 11 is 5.28. The Bertz CT molecular complexity index is 308. The molecule has 1 fully saturated rings. The normalized spacial score (nSPS) is 16.7. The topological polar surface area (TPSA) is 59.6 Å². The lowest BCUT2D eigenvalue weighted by molar-refractivity contribution is 0.258. The maximum absolute atomic E-state index is 11.0. The van der Waals surface area contributed by atoms with Crippen molar-refractivity contribution in [1.29, 1.82) is 0 Å². The number of rotatable bonds is 8. The molecule has 0 saturated heterocycles. The summed E-state index contributed by atoms with van der Waals surface area (Å²) in [5, 5.41) is 7.26. The second kappa shape index (κ2) is 9.44. The molecule has 1 aliphatic rings. The highest BCUT2D eigenvalue weighted by Gasteiger charge is 2.34. The van der Waals surface area contributed by atoms with Gasteiger partial charge in [0.2, 0.25) is 0 Å². The Kier molecular flexibility index (Phi) is 8.28. The Morgan fingerprint density at radius 3 is 2.50 bits per heavy atom. The molecule has 116 valence electrons. The average molecular weight is 319 g/mol. The molecule has 1 aliphatic carbocycles. The Labute approximate surface area is 128 Å². The van der Waals surface area contributed by atoms with Gasteiger partial charge >= 0.3 is 8.56 Å². The third-order valence-electron chi connectivity index (χ3n) is 3.80. The summed E-state index contributed by atoms with van der Waals surface area (Å²) in [6, 6.07) is 1.16. The van der Waals surface area contributed by atoms with Gasteiger partial charge in [0.25, 0.3) is 0 Å². The van der Waals surface area contributed by atoms with Gasteiger partial charge in [-0.1, -0.05) is 19.3 Å². The van der Waals surface area contributed by atoms with Crippen LogP contribution in [0.25, 0.3) is 0 Å². The lowest BCUT2D eigenvalue weighted by Gasteiger charge is -2.25. The zero-order valence-electron chi connectivity index (χ0n) is 12.4. The van der Waals surface area contributed by atoms with Gasteiger partial charge in [0.05, 0.1) is 0 Å². The fourth-order valence-corrected chi connectivity index (χ4v) is 4.29. The Hall–Kier alpha value is -0.503. The van der Waals surface area contributed by atoms with Crippen LogP contribution >= 0.6 is 12.2 Å². The molecule has 20 heavy (non-hydrogen) atoms. The van der Waals surface area contributed by atoms with Crippen LogP contribution in [0.2, 0.25) is 6.04 Å². The number of nitrogens with one attached hydrogen (secondary N) is 2. The molecule has 0 aromatic carbocycles. The van der Waals surface area contributed by atoms with Crippen molar-refractivity contribution in [3.8, 4) is 0 Å². The van der Waals surface area contributed by atoms with Crippen LogP contribution in [0.15, 0.2) is 0 Å². The summed E-state index contributed by atoms with van der Waals surface area (Å²) in [5.41, 5.74) is 0. The van der Waals surface area contributed by atoms with Crippen molar-refractivity contribution in [3.63, 3.8) is 0 Å². The molecule has 0 amide bonds. The van der Waals surface area contributed by atoms with E-state index in [1.54, 1.807) is 0 Å². The summed E-state index contributed by atoms with van der Waals surface area (Å²) in [6.07, 6.45) is 7.13. The van der Waals surface area contributed by atoms with Crippen molar-refractivity contribution >= 4 is 31.8 Å². The zero-order chi connectivity index (χ0) is 14.8. The van der Waals surface area contributed by atoms with Crippen molar-refractivity contribution in [1.82, 2.24) is 10.6 Å². The predicted octanol–water partition coefficient (Wildman–Crippen LogP) is 1.68. The van der Waals surface area contributed by atoms with E-state index in [4.69, 9.17) is 21.1 Å². The summed E-state index contributed by atoms with van der Waals surface area (Å²) in [7, 11) is 0.453. The average Bonchev–Trinajstić information content (AvgIpc) is 2.49. The Morgan fingerprint density at radius 2 is 1.95 bits per heavy atom. The molecule has 2 N–H and O–H groups in total. The van der Waals surface area contributed by atoms with E-state index in [0.717, 1.165) is 18.9 Å². The van der Waals surface area contributed by atoms with Crippen LogP contribution in [0.5, 0.6) is 0 Å². The first kappa shape index (κ1) is 17.5. The highest BCUT2D eigenvalue weighted by atomic mass is 32.1. The minimum Gasteiger partial charge on any atom is -0.393 e. The first-order valence-electron chi connectivity index (χ1n) is 7.27. The molecule has 1 rings (SSSR count). The van der Waals surface area contributed by atoms with Crippen molar-refractivity contribution in [2.45, 2.75) is 50.6 Å². The van der Waals surface area contributed by atoms with E-state index in [2.05, 4.69) is 10.6 Å². The third kappa shape index (κ3) is 5.86. The molecule has 5 nitrogen and oxygen atoms in total. The van der Waals surface area contributed by atoms with Crippen LogP contribution in [0.4, 0.5) is 0 Å². The van der Waals surface area contributed by atoms with Gasteiger partial charge < -0.3 is 24.3 Å². The molecule has 0 aromatic heterocycles. The van der Waals surface area contributed by atoms with Crippen molar-refractivity contribution in [2.24, 2.45) is 0 Å². The van der Waals surface area contributed by atoms with E-state index in [-0.39, 0.29) is 0 Å². The fourth-order valence-electron chi connectivity index (χ4n) is 2.46. The molecule has 0 aliphatic heterocycles. The van der Waals surface area contributed by atoms with E-state index >= 15 is 0 Å². The van der Waals surface area contributed by atoms with Gasteiger partial charge in [0.15, 0.2) is 11.0 Å². The van der Waals surface area contributed by atoms with Gasteiger partial charge in [0, 0.05) is 26.8 Å². The van der Waals surface area contributed by atoms with Gasteiger partial charge in [-0.2, -0.15) is 0 Å². The molecule has 7 heteroatoms. The summed E-state index contributed by atoms with van der Waals surface area (Å²) in [6.45, 7) is 0.730. The van der Waals surface area contributed by atoms with Crippen LogP contribution in [0.3, 0.4) is 0 Å². The maximum Gasteiger partial charge on any atom is 0.405 e. The third-order valence-corrected chi connectivity index (χ3v) is 6.85. The second-order valence-electron chi connectivity index (χ2n) is 5.18. The van der Waals surface area contributed by atoms with Crippen LogP contribution in [0, 0.1) is 0 Å². The Morgan fingerprint density at radius 1 is 1.30 bits per heavy atom. The van der Waals surface area contributed by atoms with E-state index in [1.165, 1.54) is 46.3 Å². The number of thiocarbonyl (C=S) groups is 1. The molecular weight excluding hydrogens is 292 g/mol. The molecule has 1 saturated carbocycles. The predicted molar refractivity (Wildman–Crippen MR) is 86.6 cm³/mol. The minimum absolute atomic E-state index is 0.519.